The Labute approximate surface area is 112 Å². The topological polar surface area (TPSA) is 35.5 Å². The molecular weight excluding hydrogens is 280 g/mol. The fourth-order valence-electron chi connectivity index (χ4n) is 1.62. The molecule has 0 spiro atoms. The van der Waals surface area contributed by atoms with Crippen LogP contribution >= 0.6 is 15.9 Å². The summed E-state index contributed by atoms with van der Waals surface area (Å²) < 4.78 is 1.12. The summed E-state index contributed by atoms with van der Waals surface area (Å²) in [6.07, 6.45) is 0.538. The van der Waals surface area contributed by atoms with Crippen molar-refractivity contribution in [2.24, 2.45) is 0 Å². The molecule has 0 bridgehead atoms. The van der Waals surface area contributed by atoms with E-state index in [-0.39, 0.29) is 6.10 Å². The van der Waals surface area contributed by atoms with Crippen LogP contribution in [0, 0.1) is 0 Å². The minimum absolute atomic E-state index is 0.246. The van der Waals surface area contributed by atoms with Gasteiger partial charge in [0, 0.05) is 30.3 Å². The summed E-state index contributed by atoms with van der Waals surface area (Å²) in [5.74, 6) is 0. The van der Waals surface area contributed by atoms with E-state index in [9.17, 15) is 5.11 Å². The van der Waals surface area contributed by atoms with Gasteiger partial charge in [-0.1, -0.05) is 22.0 Å². The van der Waals surface area contributed by atoms with E-state index in [1.54, 1.807) is 0 Å². The van der Waals surface area contributed by atoms with Crippen LogP contribution in [0.15, 0.2) is 22.7 Å². The Hall–Kier alpha value is -0.580. The van der Waals surface area contributed by atoms with Gasteiger partial charge in [-0.3, -0.25) is 0 Å². The van der Waals surface area contributed by atoms with Crippen molar-refractivity contribution >= 4 is 21.6 Å². The first-order valence-electron chi connectivity index (χ1n) is 5.86. The summed E-state index contributed by atoms with van der Waals surface area (Å²) >= 11 is 3.58. The van der Waals surface area contributed by atoms with Crippen LogP contribution in [-0.2, 0) is 6.54 Å². The second kappa shape index (κ2) is 6.99. The molecule has 0 aliphatic heterocycles. The van der Waals surface area contributed by atoms with E-state index in [0.717, 1.165) is 29.7 Å². The number of nitrogens with one attached hydrogen (secondary N) is 1. The smallest absolute Gasteiger partial charge is 0.0528 e. The molecule has 0 heterocycles. The summed E-state index contributed by atoms with van der Waals surface area (Å²) in [4.78, 5) is 2.15. The number of halogens is 1. The maximum absolute atomic E-state index is 9.27. The van der Waals surface area contributed by atoms with E-state index in [4.69, 9.17) is 0 Å². The predicted molar refractivity (Wildman–Crippen MR) is 76.5 cm³/mol. The molecule has 0 saturated heterocycles. The highest BCUT2D eigenvalue weighted by atomic mass is 79.9. The van der Waals surface area contributed by atoms with Crippen molar-refractivity contribution in [3.05, 3.63) is 28.2 Å². The molecule has 0 aliphatic carbocycles. The van der Waals surface area contributed by atoms with E-state index in [2.05, 4.69) is 44.3 Å². The largest absolute Gasteiger partial charge is 0.393 e. The Morgan fingerprint density at radius 2 is 2.18 bits per heavy atom. The summed E-state index contributed by atoms with van der Waals surface area (Å²) in [6, 6.07) is 6.35. The van der Waals surface area contributed by atoms with Crippen molar-refractivity contribution in [1.29, 1.82) is 0 Å². The van der Waals surface area contributed by atoms with E-state index < -0.39 is 0 Å². The minimum Gasteiger partial charge on any atom is -0.393 e. The number of hydrogen-bond donors (Lipinski definition) is 2. The van der Waals surface area contributed by atoms with Gasteiger partial charge in [-0.2, -0.15) is 0 Å². The van der Waals surface area contributed by atoms with Crippen LogP contribution < -0.4 is 10.2 Å². The lowest BCUT2D eigenvalue weighted by molar-refractivity contribution is 0.187. The molecule has 2 N–H and O–H groups in total. The second-order valence-electron chi connectivity index (χ2n) is 4.37. The van der Waals surface area contributed by atoms with Crippen LogP contribution in [0.25, 0.3) is 0 Å². The van der Waals surface area contributed by atoms with Crippen molar-refractivity contribution in [3.8, 4) is 0 Å². The minimum atomic E-state index is -0.246. The molecule has 1 atom stereocenters. The molecule has 0 aliphatic rings. The molecule has 1 aromatic carbocycles. The first-order chi connectivity index (χ1) is 8.04. The van der Waals surface area contributed by atoms with Gasteiger partial charge < -0.3 is 15.3 Å². The van der Waals surface area contributed by atoms with Crippen LogP contribution in [0.1, 0.15) is 18.9 Å². The van der Waals surface area contributed by atoms with E-state index in [1.165, 1.54) is 5.56 Å². The molecule has 1 rings (SSSR count). The van der Waals surface area contributed by atoms with Gasteiger partial charge in [-0.25, -0.2) is 0 Å². The third-order valence-electron chi connectivity index (χ3n) is 2.73. The molecule has 0 aromatic heterocycles. The van der Waals surface area contributed by atoms with Gasteiger partial charge in [0.1, 0.15) is 0 Å². The molecule has 3 nitrogen and oxygen atoms in total. The lowest BCUT2D eigenvalue weighted by Gasteiger charge is -2.21. The number of hydrogen-bond acceptors (Lipinski definition) is 3. The average molecular weight is 301 g/mol. The zero-order chi connectivity index (χ0) is 12.8. The molecule has 1 aromatic rings. The highest BCUT2D eigenvalue weighted by Gasteiger charge is 2.06. The van der Waals surface area contributed by atoms with Crippen LogP contribution in [0.4, 0.5) is 5.69 Å². The van der Waals surface area contributed by atoms with Crippen LogP contribution in [0.2, 0.25) is 0 Å². The molecule has 0 amide bonds. The second-order valence-corrected chi connectivity index (χ2v) is 5.22. The van der Waals surface area contributed by atoms with Crippen molar-refractivity contribution in [3.63, 3.8) is 0 Å². The van der Waals surface area contributed by atoms with Gasteiger partial charge in [0.25, 0.3) is 0 Å². The highest BCUT2D eigenvalue weighted by Crippen LogP contribution is 2.23. The Morgan fingerprint density at radius 3 is 2.71 bits per heavy atom. The van der Waals surface area contributed by atoms with Crippen molar-refractivity contribution in [1.82, 2.24) is 5.32 Å². The molecule has 0 fully saturated rings. The number of aliphatic hydroxyl groups excluding tert-OH is 1. The average Bonchev–Trinajstić information content (AvgIpc) is 2.28. The molecule has 0 saturated carbocycles. The molecule has 4 heteroatoms. The monoisotopic (exact) mass is 300 g/mol. The fourth-order valence-corrected chi connectivity index (χ4v) is 2.12. The van der Waals surface area contributed by atoms with Gasteiger partial charge in [0.15, 0.2) is 0 Å². The third kappa shape index (κ3) is 4.66. The predicted octanol–water partition coefficient (Wildman–Crippen LogP) is 2.38. The van der Waals surface area contributed by atoms with Crippen LogP contribution in [0.5, 0.6) is 0 Å². The zero-order valence-electron chi connectivity index (χ0n) is 10.7. The van der Waals surface area contributed by atoms with Gasteiger partial charge >= 0.3 is 0 Å². The molecule has 1 unspecified atom stereocenters. The lowest BCUT2D eigenvalue weighted by atomic mass is 10.2. The number of anilines is 1. The van der Waals surface area contributed by atoms with E-state index in [1.807, 2.05) is 21.0 Å². The first-order valence-corrected chi connectivity index (χ1v) is 6.66. The normalized spacial score (nSPS) is 12.5. The maximum atomic E-state index is 9.27. The quantitative estimate of drug-likeness (QED) is 0.847. The number of benzene rings is 1. The molecule has 17 heavy (non-hydrogen) atoms. The van der Waals surface area contributed by atoms with Crippen molar-refractivity contribution in [2.75, 3.05) is 25.5 Å². The molecule has 96 valence electrons. The SMILES string of the molecule is CNCc1ccc(N(C)CCC(C)O)cc1Br. The molecular formula is C13H21BrN2O. The Kier molecular flexibility index (Phi) is 5.95. The van der Waals surface area contributed by atoms with Crippen molar-refractivity contribution in [2.45, 2.75) is 26.0 Å². The Bertz CT molecular complexity index is 355. The maximum Gasteiger partial charge on any atom is 0.0528 e. The Morgan fingerprint density at radius 1 is 1.47 bits per heavy atom. The summed E-state index contributed by atoms with van der Waals surface area (Å²) in [5, 5.41) is 12.4. The van der Waals surface area contributed by atoms with Gasteiger partial charge in [0.2, 0.25) is 0 Å². The van der Waals surface area contributed by atoms with Crippen LogP contribution in [0.3, 0.4) is 0 Å². The van der Waals surface area contributed by atoms with Gasteiger partial charge in [-0.05, 0) is 38.1 Å². The summed E-state index contributed by atoms with van der Waals surface area (Å²) in [6.45, 7) is 3.54. The standard InChI is InChI=1S/C13H21BrN2O/c1-10(17)6-7-16(3)12-5-4-11(9-15-2)13(14)8-12/h4-5,8,10,15,17H,6-7,9H2,1-3H3. The van der Waals surface area contributed by atoms with Crippen LogP contribution in [-0.4, -0.2) is 31.9 Å². The lowest BCUT2D eigenvalue weighted by Crippen LogP contribution is -2.21. The van der Waals surface area contributed by atoms with Crippen molar-refractivity contribution < 1.29 is 5.11 Å². The number of nitrogens with zero attached hydrogens (tertiary/aromatic N) is 1. The first kappa shape index (κ1) is 14.5. The molecule has 0 radical (unpaired) electrons. The number of aliphatic hydroxyl groups is 1. The fraction of sp³-hybridized carbons (Fsp3) is 0.538. The van der Waals surface area contributed by atoms with E-state index >= 15 is 0 Å². The zero-order valence-corrected chi connectivity index (χ0v) is 12.3. The summed E-state index contributed by atoms with van der Waals surface area (Å²) in [7, 11) is 3.98. The number of rotatable bonds is 6. The van der Waals surface area contributed by atoms with Gasteiger partial charge in [-0.15, -0.1) is 0 Å². The summed E-state index contributed by atoms with van der Waals surface area (Å²) in [5.41, 5.74) is 2.41. The Balaban J connectivity index is 2.68. The third-order valence-corrected chi connectivity index (χ3v) is 3.47. The van der Waals surface area contributed by atoms with Gasteiger partial charge in [0.05, 0.1) is 6.10 Å². The van der Waals surface area contributed by atoms with E-state index in [0.29, 0.717) is 0 Å². The highest BCUT2D eigenvalue weighted by molar-refractivity contribution is 9.10.